The standard InChI is InChI=1S/C12H16ClN3O2/c1-18-9-4-5-16(7-9)12(17)10-6-8(13)2-3-11(10)15-14/h2-3,6,9,15H,4-5,7,14H2,1H3. The van der Waals surface area contributed by atoms with Gasteiger partial charge in [-0.15, -0.1) is 0 Å². The molecule has 1 aliphatic heterocycles. The molecule has 1 aliphatic rings. The number of halogens is 1. The molecular weight excluding hydrogens is 254 g/mol. The number of ether oxygens (including phenoxy) is 1. The van der Waals surface area contributed by atoms with Gasteiger partial charge in [-0.25, -0.2) is 0 Å². The van der Waals surface area contributed by atoms with E-state index in [-0.39, 0.29) is 12.0 Å². The normalized spacial score (nSPS) is 19.1. The Labute approximate surface area is 111 Å². The van der Waals surface area contributed by atoms with Crippen molar-refractivity contribution < 1.29 is 9.53 Å². The van der Waals surface area contributed by atoms with Crippen LogP contribution in [0.25, 0.3) is 0 Å². The number of amides is 1. The lowest BCUT2D eigenvalue weighted by atomic mass is 10.1. The zero-order valence-corrected chi connectivity index (χ0v) is 10.9. The van der Waals surface area contributed by atoms with Crippen LogP contribution in [0.5, 0.6) is 0 Å². The van der Waals surface area contributed by atoms with Gasteiger partial charge in [0.25, 0.3) is 5.91 Å². The molecule has 1 aromatic rings. The van der Waals surface area contributed by atoms with Crippen molar-refractivity contribution in [3.8, 4) is 0 Å². The van der Waals surface area contributed by atoms with Crippen molar-refractivity contribution in [2.45, 2.75) is 12.5 Å². The number of nitrogens with two attached hydrogens (primary N) is 1. The molecule has 5 nitrogen and oxygen atoms in total. The Morgan fingerprint density at radius 3 is 3.00 bits per heavy atom. The van der Waals surface area contributed by atoms with Crippen LogP contribution in [0.4, 0.5) is 5.69 Å². The minimum Gasteiger partial charge on any atom is -0.380 e. The van der Waals surface area contributed by atoms with Gasteiger partial charge in [0.1, 0.15) is 0 Å². The minimum absolute atomic E-state index is 0.0787. The highest BCUT2D eigenvalue weighted by molar-refractivity contribution is 6.31. The summed E-state index contributed by atoms with van der Waals surface area (Å²) < 4.78 is 5.25. The van der Waals surface area contributed by atoms with E-state index in [1.165, 1.54) is 0 Å². The molecule has 0 radical (unpaired) electrons. The number of hydrogen-bond acceptors (Lipinski definition) is 4. The fraction of sp³-hybridized carbons (Fsp3) is 0.417. The van der Waals surface area contributed by atoms with Gasteiger partial charge in [-0.05, 0) is 24.6 Å². The third-order valence-electron chi connectivity index (χ3n) is 3.13. The van der Waals surface area contributed by atoms with Crippen LogP contribution in [0.15, 0.2) is 18.2 Å². The summed E-state index contributed by atoms with van der Waals surface area (Å²) in [6.45, 7) is 1.29. The highest BCUT2D eigenvalue weighted by atomic mass is 35.5. The van der Waals surface area contributed by atoms with Gasteiger partial charge in [0.2, 0.25) is 0 Å². The predicted octanol–water partition coefficient (Wildman–Crippen LogP) is 1.49. The Balaban J connectivity index is 2.21. The number of carbonyl (C=O) groups is 1. The van der Waals surface area contributed by atoms with Crippen molar-refractivity contribution >= 4 is 23.2 Å². The lowest BCUT2D eigenvalue weighted by molar-refractivity contribution is 0.0725. The molecule has 0 aliphatic carbocycles. The number of hydrogen-bond donors (Lipinski definition) is 2. The van der Waals surface area contributed by atoms with Crippen LogP contribution >= 0.6 is 11.6 Å². The SMILES string of the molecule is COC1CCN(C(=O)c2cc(Cl)ccc2NN)C1. The van der Waals surface area contributed by atoms with Gasteiger partial charge >= 0.3 is 0 Å². The zero-order valence-electron chi connectivity index (χ0n) is 10.1. The predicted molar refractivity (Wildman–Crippen MR) is 70.6 cm³/mol. The number of nitrogens with one attached hydrogen (secondary N) is 1. The molecule has 2 rings (SSSR count). The van der Waals surface area contributed by atoms with Crippen molar-refractivity contribution in [2.24, 2.45) is 5.84 Å². The molecule has 1 atom stereocenters. The molecule has 6 heteroatoms. The van der Waals surface area contributed by atoms with Crippen molar-refractivity contribution in [2.75, 3.05) is 25.6 Å². The van der Waals surface area contributed by atoms with Gasteiger partial charge in [0.05, 0.1) is 17.4 Å². The van der Waals surface area contributed by atoms with Crippen molar-refractivity contribution in [1.82, 2.24) is 4.90 Å². The molecule has 0 bridgehead atoms. The van der Waals surface area contributed by atoms with E-state index >= 15 is 0 Å². The van der Waals surface area contributed by atoms with Crippen LogP contribution in [0.2, 0.25) is 5.02 Å². The van der Waals surface area contributed by atoms with E-state index in [9.17, 15) is 4.79 Å². The van der Waals surface area contributed by atoms with Gasteiger partial charge < -0.3 is 15.1 Å². The summed E-state index contributed by atoms with van der Waals surface area (Å²) in [4.78, 5) is 14.1. The first-order chi connectivity index (χ1) is 8.65. The maximum Gasteiger partial charge on any atom is 0.256 e. The Morgan fingerprint density at radius 1 is 1.61 bits per heavy atom. The van der Waals surface area contributed by atoms with E-state index in [1.807, 2.05) is 0 Å². The monoisotopic (exact) mass is 269 g/mol. The molecule has 0 spiro atoms. The van der Waals surface area contributed by atoms with Gasteiger partial charge in [0.15, 0.2) is 0 Å². The van der Waals surface area contributed by atoms with Gasteiger partial charge in [-0.1, -0.05) is 11.6 Å². The van der Waals surface area contributed by atoms with Gasteiger partial charge in [0, 0.05) is 25.2 Å². The minimum atomic E-state index is -0.0787. The van der Waals surface area contributed by atoms with Crippen LogP contribution in [0.1, 0.15) is 16.8 Å². The lowest BCUT2D eigenvalue weighted by Crippen LogP contribution is -2.30. The first kappa shape index (κ1) is 13.1. The van der Waals surface area contributed by atoms with E-state index in [0.717, 1.165) is 6.42 Å². The maximum absolute atomic E-state index is 12.4. The molecule has 1 amide bonds. The van der Waals surface area contributed by atoms with Crippen LogP contribution < -0.4 is 11.3 Å². The quantitative estimate of drug-likeness (QED) is 0.644. The highest BCUT2D eigenvalue weighted by Crippen LogP contribution is 2.23. The number of methoxy groups -OCH3 is 1. The second-order valence-corrected chi connectivity index (χ2v) is 4.67. The second-order valence-electron chi connectivity index (χ2n) is 4.23. The number of anilines is 1. The van der Waals surface area contributed by atoms with Crippen molar-refractivity contribution in [3.63, 3.8) is 0 Å². The summed E-state index contributed by atoms with van der Waals surface area (Å²) in [5.74, 6) is 5.32. The Hall–Kier alpha value is -1.30. The molecule has 1 fully saturated rings. The number of rotatable bonds is 3. The number of nitrogens with zero attached hydrogens (tertiary/aromatic N) is 1. The van der Waals surface area contributed by atoms with E-state index in [0.29, 0.717) is 29.4 Å². The number of hydrazine groups is 1. The zero-order chi connectivity index (χ0) is 13.1. The second kappa shape index (κ2) is 5.56. The molecule has 0 saturated carbocycles. The van der Waals surface area contributed by atoms with Gasteiger partial charge in [-0.2, -0.15) is 0 Å². The summed E-state index contributed by atoms with van der Waals surface area (Å²) in [6, 6.07) is 5.01. The highest BCUT2D eigenvalue weighted by Gasteiger charge is 2.28. The fourth-order valence-electron chi connectivity index (χ4n) is 2.09. The molecule has 98 valence electrons. The topological polar surface area (TPSA) is 67.6 Å². The Morgan fingerprint density at radius 2 is 2.39 bits per heavy atom. The van der Waals surface area contributed by atoms with E-state index in [4.69, 9.17) is 22.2 Å². The molecule has 1 unspecified atom stereocenters. The molecule has 18 heavy (non-hydrogen) atoms. The molecule has 1 saturated heterocycles. The molecular formula is C12H16ClN3O2. The summed E-state index contributed by atoms with van der Waals surface area (Å²) in [5.41, 5.74) is 3.58. The van der Waals surface area contributed by atoms with Crippen LogP contribution in [0, 0.1) is 0 Å². The summed E-state index contributed by atoms with van der Waals surface area (Å²) in [6.07, 6.45) is 0.969. The summed E-state index contributed by atoms with van der Waals surface area (Å²) in [7, 11) is 1.66. The maximum atomic E-state index is 12.4. The molecule has 1 heterocycles. The Kier molecular flexibility index (Phi) is 4.06. The van der Waals surface area contributed by atoms with Crippen LogP contribution in [-0.4, -0.2) is 37.1 Å². The number of likely N-dealkylation sites (tertiary alicyclic amines) is 1. The lowest BCUT2D eigenvalue weighted by Gasteiger charge is -2.18. The molecule has 3 N–H and O–H groups in total. The Bertz CT molecular complexity index is 453. The fourth-order valence-corrected chi connectivity index (χ4v) is 2.27. The van der Waals surface area contributed by atoms with E-state index in [1.54, 1.807) is 30.2 Å². The third kappa shape index (κ3) is 2.58. The average Bonchev–Trinajstić information content (AvgIpc) is 2.86. The number of benzene rings is 1. The molecule has 1 aromatic carbocycles. The average molecular weight is 270 g/mol. The third-order valence-corrected chi connectivity index (χ3v) is 3.37. The smallest absolute Gasteiger partial charge is 0.256 e. The number of nitrogen functional groups attached to an aromatic ring is 1. The van der Waals surface area contributed by atoms with Gasteiger partial charge in [-0.3, -0.25) is 10.6 Å². The van der Waals surface area contributed by atoms with Crippen LogP contribution in [0.3, 0.4) is 0 Å². The number of carbonyl (C=O) groups excluding carboxylic acids is 1. The largest absolute Gasteiger partial charge is 0.380 e. The van der Waals surface area contributed by atoms with Crippen molar-refractivity contribution in [1.29, 1.82) is 0 Å². The molecule has 0 aromatic heterocycles. The van der Waals surface area contributed by atoms with E-state index < -0.39 is 0 Å². The van der Waals surface area contributed by atoms with Crippen LogP contribution in [-0.2, 0) is 4.74 Å². The summed E-state index contributed by atoms with van der Waals surface area (Å²) in [5, 5.41) is 0.514. The van der Waals surface area contributed by atoms with E-state index in [2.05, 4.69) is 5.43 Å². The first-order valence-corrected chi connectivity index (χ1v) is 6.11. The first-order valence-electron chi connectivity index (χ1n) is 5.74. The van der Waals surface area contributed by atoms with Crippen molar-refractivity contribution in [3.05, 3.63) is 28.8 Å². The summed E-state index contributed by atoms with van der Waals surface area (Å²) >= 11 is 5.92.